The van der Waals surface area contributed by atoms with Crippen LogP contribution in [0.2, 0.25) is 5.15 Å². The molecule has 1 amide bonds. The number of alkyl halides is 1. The zero-order chi connectivity index (χ0) is 29.3. The Morgan fingerprint density at radius 2 is 2.00 bits per heavy atom. The van der Waals surface area contributed by atoms with E-state index in [0.29, 0.717) is 61.4 Å². The number of halogens is 3. The number of hydrogen-bond acceptors (Lipinski definition) is 8. The second-order valence-electron chi connectivity index (χ2n) is 12.8. The van der Waals surface area contributed by atoms with Crippen LogP contribution in [0.5, 0.6) is 6.01 Å². The lowest BCUT2D eigenvalue weighted by molar-refractivity contribution is 0.0101. The normalized spacial score (nSPS) is 28.1. The quantitative estimate of drug-likeness (QED) is 0.438. The molecule has 4 atom stereocenters. The predicted octanol–water partition coefficient (Wildman–Crippen LogP) is 5.39. The summed E-state index contributed by atoms with van der Waals surface area (Å²) in [6, 6.07) is -0.371. The monoisotopic (exact) mass is 590 g/mol. The number of rotatable bonds is 4. The predicted molar refractivity (Wildman–Crippen MR) is 153 cm³/mol. The molecule has 2 aromatic rings. The molecule has 0 unspecified atom stereocenters. The minimum Gasteiger partial charge on any atom is -0.461 e. The number of aromatic nitrogens is 3. The Labute approximate surface area is 243 Å². The fourth-order valence-corrected chi connectivity index (χ4v) is 7.11. The maximum absolute atomic E-state index is 15.5. The largest absolute Gasteiger partial charge is 0.461 e. The SMILES string of the molecule is C=C1C[C@@H]2CN(C(=O)OC(C)(C)C)[C@H](CC)CN2c2nc(OC[C@@]34CCCN3C[C@H](F)C4)nc3c(F)c(Cl)nc1c23. The van der Waals surface area contributed by atoms with Gasteiger partial charge in [-0.1, -0.05) is 25.1 Å². The van der Waals surface area contributed by atoms with Gasteiger partial charge in [-0.2, -0.15) is 9.97 Å². The first-order chi connectivity index (χ1) is 19.4. The van der Waals surface area contributed by atoms with Gasteiger partial charge in [-0.05, 0) is 58.6 Å². The number of carbonyl (C=O) groups is 1. The first kappa shape index (κ1) is 28.3. The molecule has 41 heavy (non-hydrogen) atoms. The number of pyridine rings is 1. The van der Waals surface area contributed by atoms with Crippen molar-refractivity contribution in [3.63, 3.8) is 0 Å². The van der Waals surface area contributed by atoms with Gasteiger partial charge in [0.15, 0.2) is 11.0 Å². The van der Waals surface area contributed by atoms with Crippen LogP contribution in [0, 0.1) is 5.82 Å². The van der Waals surface area contributed by atoms with Crippen LogP contribution in [0.25, 0.3) is 16.5 Å². The summed E-state index contributed by atoms with van der Waals surface area (Å²) in [5.41, 5.74) is 0.0714. The van der Waals surface area contributed by atoms with Crippen molar-refractivity contribution in [2.75, 3.05) is 37.7 Å². The molecule has 0 spiro atoms. The number of anilines is 1. The van der Waals surface area contributed by atoms with Crippen LogP contribution in [0.15, 0.2) is 6.58 Å². The number of piperazine rings is 1. The maximum atomic E-state index is 15.5. The van der Waals surface area contributed by atoms with Crippen molar-refractivity contribution in [2.45, 2.75) is 89.2 Å². The van der Waals surface area contributed by atoms with Crippen LogP contribution in [-0.4, -0.2) is 93.0 Å². The topological polar surface area (TPSA) is 83.9 Å². The molecule has 0 aromatic carbocycles. The summed E-state index contributed by atoms with van der Waals surface area (Å²) in [6.07, 6.45) is 2.08. The van der Waals surface area contributed by atoms with Gasteiger partial charge in [-0.3, -0.25) is 4.90 Å². The smallest absolute Gasteiger partial charge is 0.410 e. The van der Waals surface area contributed by atoms with Gasteiger partial charge in [0.25, 0.3) is 0 Å². The Balaban J connectivity index is 1.40. The Morgan fingerprint density at radius 3 is 2.73 bits per heavy atom. The molecular formula is C29H37ClF2N6O3. The minimum absolute atomic E-state index is 0.0111. The lowest BCUT2D eigenvalue weighted by atomic mass is 9.95. The van der Waals surface area contributed by atoms with E-state index in [1.807, 2.05) is 27.7 Å². The summed E-state index contributed by atoms with van der Waals surface area (Å²) in [4.78, 5) is 32.9. The first-order valence-electron chi connectivity index (χ1n) is 14.4. The number of amides is 1. The van der Waals surface area contributed by atoms with Crippen molar-refractivity contribution in [3.8, 4) is 6.01 Å². The number of carbonyl (C=O) groups excluding carboxylic acids is 1. The van der Waals surface area contributed by atoms with Gasteiger partial charge >= 0.3 is 12.1 Å². The van der Waals surface area contributed by atoms with Gasteiger partial charge in [0.05, 0.1) is 28.7 Å². The summed E-state index contributed by atoms with van der Waals surface area (Å²) in [5.74, 6) is -0.278. The Morgan fingerprint density at radius 1 is 1.22 bits per heavy atom. The Kier molecular flexibility index (Phi) is 7.04. The summed E-state index contributed by atoms with van der Waals surface area (Å²) in [5, 5.41) is 0.125. The Hall–Kier alpha value is -2.79. The van der Waals surface area contributed by atoms with Gasteiger partial charge < -0.3 is 19.3 Å². The summed E-state index contributed by atoms with van der Waals surface area (Å²) in [6.45, 7) is 14.1. The van der Waals surface area contributed by atoms with Gasteiger partial charge in [0.2, 0.25) is 0 Å². The van der Waals surface area contributed by atoms with Crippen LogP contribution < -0.4 is 9.64 Å². The molecule has 6 rings (SSSR count). The highest BCUT2D eigenvalue weighted by Gasteiger charge is 2.49. The van der Waals surface area contributed by atoms with Crippen molar-refractivity contribution in [1.29, 1.82) is 0 Å². The summed E-state index contributed by atoms with van der Waals surface area (Å²) >= 11 is 6.25. The molecule has 0 aliphatic carbocycles. The molecule has 3 saturated heterocycles. The Bertz CT molecular complexity index is 1400. The van der Waals surface area contributed by atoms with Crippen molar-refractivity contribution in [3.05, 3.63) is 23.2 Å². The summed E-state index contributed by atoms with van der Waals surface area (Å²) in [7, 11) is 0. The molecule has 222 valence electrons. The molecule has 0 radical (unpaired) electrons. The molecule has 0 N–H and O–H groups in total. The highest BCUT2D eigenvalue weighted by atomic mass is 35.5. The highest BCUT2D eigenvalue weighted by molar-refractivity contribution is 6.30. The molecule has 12 heteroatoms. The van der Waals surface area contributed by atoms with Gasteiger partial charge in [-0.25, -0.2) is 18.6 Å². The zero-order valence-corrected chi connectivity index (χ0v) is 24.8. The van der Waals surface area contributed by atoms with Crippen LogP contribution in [0.1, 0.15) is 65.5 Å². The second kappa shape index (κ2) is 10.2. The van der Waals surface area contributed by atoms with Crippen LogP contribution in [-0.2, 0) is 4.74 Å². The van der Waals surface area contributed by atoms with Crippen LogP contribution in [0.3, 0.4) is 0 Å². The molecule has 4 aliphatic heterocycles. The van der Waals surface area contributed by atoms with Crippen molar-refractivity contribution >= 4 is 40.0 Å². The van der Waals surface area contributed by atoms with E-state index in [1.54, 1.807) is 4.90 Å². The lowest BCUT2D eigenvalue weighted by Crippen LogP contribution is -2.60. The third-order valence-corrected chi connectivity index (χ3v) is 9.07. The van der Waals surface area contributed by atoms with Crippen LogP contribution >= 0.6 is 11.6 Å². The maximum Gasteiger partial charge on any atom is 0.410 e. The number of ether oxygens (including phenoxy) is 2. The highest BCUT2D eigenvalue weighted by Crippen LogP contribution is 2.43. The molecule has 9 nitrogen and oxygen atoms in total. The fraction of sp³-hybridized carbons (Fsp3) is 0.655. The average molecular weight is 591 g/mol. The van der Waals surface area contributed by atoms with E-state index in [2.05, 4.69) is 26.3 Å². The average Bonchev–Trinajstić information content (AvgIpc) is 3.40. The molecule has 2 aromatic heterocycles. The van der Waals surface area contributed by atoms with Crippen molar-refractivity contribution in [1.82, 2.24) is 24.8 Å². The number of fused-ring (bicyclic) bond motifs is 3. The van der Waals surface area contributed by atoms with Crippen LogP contribution in [0.4, 0.5) is 19.4 Å². The first-order valence-corrected chi connectivity index (χ1v) is 14.8. The van der Waals surface area contributed by atoms with E-state index in [1.165, 1.54) is 0 Å². The van der Waals surface area contributed by atoms with Crippen molar-refractivity contribution < 1.29 is 23.0 Å². The molecule has 3 fully saturated rings. The van der Waals surface area contributed by atoms with Gasteiger partial charge in [0.1, 0.15) is 29.7 Å². The molecule has 0 bridgehead atoms. The fourth-order valence-electron chi connectivity index (χ4n) is 6.94. The van der Waals surface area contributed by atoms with E-state index in [-0.39, 0.29) is 41.5 Å². The van der Waals surface area contributed by atoms with Gasteiger partial charge in [0, 0.05) is 26.1 Å². The number of nitrogens with zero attached hydrogens (tertiary/aromatic N) is 6. The van der Waals surface area contributed by atoms with Gasteiger partial charge in [-0.15, -0.1) is 0 Å². The molecule has 4 aliphatic rings. The van der Waals surface area contributed by atoms with E-state index in [0.717, 1.165) is 19.4 Å². The molecule has 6 heterocycles. The second-order valence-corrected chi connectivity index (χ2v) is 13.1. The zero-order valence-electron chi connectivity index (χ0n) is 24.1. The lowest BCUT2D eigenvalue weighted by Gasteiger charge is -2.46. The number of hydrogen-bond donors (Lipinski definition) is 0. The third kappa shape index (κ3) is 4.98. The standard InChI is InChI=1S/C29H37ClF2N6O3/c1-6-18-13-37-19(14-38(18)27(39)41-28(3,4)5)10-16(2)22-20-23(21(32)24(30)33-22)34-26(35-25(20)37)40-15-29-8-7-9-36(29)12-17(31)11-29/h17-19H,2,6-15H2,1,3-5H3/t17-,18-,19-,29+/m1/s1. The van der Waals surface area contributed by atoms with Crippen molar-refractivity contribution in [2.24, 2.45) is 0 Å². The van der Waals surface area contributed by atoms with E-state index < -0.39 is 23.1 Å². The third-order valence-electron chi connectivity index (χ3n) is 8.82. The minimum atomic E-state index is -0.898. The van der Waals surface area contributed by atoms with E-state index in [9.17, 15) is 9.18 Å². The molecule has 0 saturated carbocycles. The molecular weight excluding hydrogens is 554 g/mol. The summed E-state index contributed by atoms with van der Waals surface area (Å²) < 4.78 is 41.8. The van der Waals surface area contributed by atoms with E-state index in [4.69, 9.17) is 26.1 Å². The van der Waals surface area contributed by atoms with E-state index >= 15 is 4.39 Å².